The quantitative estimate of drug-likeness (QED) is 0.146. The van der Waals surface area contributed by atoms with Gasteiger partial charge in [-0.15, -0.1) is 0 Å². The zero-order valence-corrected chi connectivity index (χ0v) is 21.6. The Morgan fingerprint density at radius 2 is 1.82 bits per heavy atom. The number of hydrogen-bond donors (Lipinski definition) is 7. The fraction of sp³-hybridized carbons (Fsp3) is 0.385. The SMILES string of the molecule is NC(=O)CC(NC(=O)C(N)Cc1cnc[nH]1)C(=O)NC(Cc1c[nH]c2ccccc12)C(=O)N1CCCC1C(=O)O. The van der Waals surface area contributed by atoms with Crippen LogP contribution in [0.25, 0.3) is 10.9 Å². The third kappa shape index (κ3) is 6.64. The Morgan fingerprint density at radius 3 is 2.52 bits per heavy atom. The van der Waals surface area contributed by atoms with Gasteiger partial charge >= 0.3 is 5.97 Å². The molecule has 2 aromatic heterocycles. The molecule has 1 aliphatic heterocycles. The Bertz CT molecular complexity index is 1390. The Morgan fingerprint density at radius 1 is 1.07 bits per heavy atom. The first-order valence-corrected chi connectivity index (χ1v) is 12.8. The molecule has 40 heavy (non-hydrogen) atoms. The maximum absolute atomic E-state index is 13.6. The number of hydrogen-bond acceptors (Lipinski definition) is 7. The molecule has 4 amide bonds. The number of rotatable bonds is 12. The lowest BCUT2D eigenvalue weighted by molar-refractivity contribution is -0.149. The highest BCUT2D eigenvalue weighted by molar-refractivity contribution is 5.96. The maximum Gasteiger partial charge on any atom is 0.326 e. The van der Waals surface area contributed by atoms with Crippen molar-refractivity contribution in [2.45, 2.75) is 56.3 Å². The summed E-state index contributed by atoms with van der Waals surface area (Å²) in [6.07, 6.45) is 5.05. The first-order chi connectivity index (χ1) is 19.1. The van der Waals surface area contributed by atoms with E-state index in [1.807, 2.05) is 24.3 Å². The van der Waals surface area contributed by atoms with Crippen LogP contribution in [0.1, 0.15) is 30.5 Å². The average molecular weight is 553 g/mol. The first kappa shape index (κ1) is 28.3. The molecule has 1 saturated heterocycles. The molecule has 1 fully saturated rings. The number of carboxylic acids is 1. The largest absolute Gasteiger partial charge is 0.480 e. The normalized spacial score (nSPS) is 17.2. The summed E-state index contributed by atoms with van der Waals surface area (Å²) in [5.74, 6) is -4.10. The number of benzene rings is 1. The topological polar surface area (TPSA) is 229 Å². The second-order valence-electron chi connectivity index (χ2n) is 9.77. The first-order valence-electron chi connectivity index (χ1n) is 12.8. The van der Waals surface area contributed by atoms with Crippen LogP contribution in [0.4, 0.5) is 0 Å². The van der Waals surface area contributed by atoms with Gasteiger partial charge in [0, 0.05) is 48.4 Å². The van der Waals surface area contributed by atoms with Crippen molar-refractivity contribution in [1.82, 2.24) is 30.5 Å². The highest BCUT2D eigenvalue weighted by atomic mass is 16.4. The number of H-pyrrole nitrogens is 2. The third-order valence-electron chi connectivity index (χ3n) is 6.90. The van der Waals surface area contributed by atoms with Gasteiger partial charge < -0.3 is 42.1 Å². The van der Waals surface area contributed by atoms with E-state index in [0.29, 0.717) is 18.5 Å². The minimum absolute atomic E-state index is 0.0357. The zero-order valence-electron chi connectivity index (χ0n) is 21.6. The summed E-state index contributed by atoms with van der Waals surface area (Å²) in [6.45, 7) is 0.222. The van der Waals surface area contributed by atoms with Gasteiger partial charge in [0.15, 0.2) is 0 Å². The lowest BCUT2D eigenvalue weighted by Gasteiger charge is -2.29. The number of imidazole rings is 1. The monoisotopic (exact) mass is 552 g/mol. The van der Waals surface area contributed by atoms with Gasteiger partial charge in [0.25, 0.3) is 0 Å². The van der Waals surface area contributed by atoms with E-state index in [4.69, 9.17) is 11.5 Å². The number of primary amides is 1. The number of para-hydroxylation sites is 1. The molecule has 0 spiro atoms. The fourth-order valence-electron chi connectivity index (χ4n) is 4.90. The summed E-state index contributed by atoms with van der Waals surface area (Å²) in [5, 5.41) is 15.5. The molecule has 0 saturated carbocycles. The van der Waals surface area contributed by atoms with Gasteiger partial charge in [0.1, 0.15) is 18.1 Å². The Balaban J connectivity index is 1.55. The standard InChI is InChI=1S/C26H32N8O6/c27-17(9-15-12-29-13-31-15)23(36)32-19(10-22(28)35)24(37)33-20(25(38)34-7-3-6-21(34)26(39)40)8-14-11-30-18-5-2-1-4-16(14)18/h1-2,4-5,11-13,17,19-21,30H,3,6-10,27H2,(H2,28,35)(H,29,31)(H,32,36)(H,33,37)(H,39,40). The van der Waals surface area contributed by atoms with E-state index in [-0.39, 0.29) is 19.4 Å². The Kier molecular flexibility index (Phi) is 8.79. The van der Waals surface area contributed by atoms with Crippen LogP contribution in [0.15, 0.2) is 43.0 Å². The van der Waals surface area contributed by atoms with Crippen LogP contribution in [-0.4, -0.2) is 85.3 Å². The predicted octanol–water partition coefficient (Wildman–Crippen LogP) is -1.08. The van der Waals surface area contributed by atoms with Gasteiger partial charge in [-0.1, -0.05) is 18.2 Å². The molecule has 14 heteroatoms. The molecule has 0 radical (unpaired) electrons. The predicted molar refractivity (Wildman–Crippen MR) is 142 cm³/mol. The molecular weight excluding hydrogens is 520 g/mol. The van der Waals surface area contributed by atoms with Gasteiger partial charge in [-0.25, -0.2) is 9.78 Å². The van der Waals surface area contributed by atoms with Gasteiger partial charge in [0.2, 0.25) is 23.6 Å². The van der Waals surface area contributed by atoms with E-state index in [0.717, 1.165) is 16.5 Å². The number of likely N-dealkylation sites (tertiary alicyclic amines) is 1. The van der Waals surface area contributed by atoms with Crippen LogP contribution >= 0.6 is 0 Å². The molecule has 4 atom stereocenters. The molecule has 1 aromatic carbocycles. The molecule has 0 bridgehead atoms. The molecular formula is C26H32N8O6. The third-order valence-corrected chi connectivity index (χ3v) is 6.90. The molecule has 9 N–H and O–H groups in total. The molecule has 1 aliphatic rings. The Hall–Kier alpha value is -4.72. The van der Waals surface area contributed by atoms with Crippen molar-refractivity contribution in [2.75, 3.05) is 6.54 Å². The molecule has 3 aromatic rings. The second-order valence-corrected chi connectivity index (χ2v) is 9.77. The lowest BCUT2D eigenvalue weighted by atomic mass is 10.0. The van der Waals surface area contributed by atoms with Crippen LogP contribution < -0.4 is 22.1 Å². The number of carbonyl (C=O) groups is 5. The molecule has 4 rings (SSSR count). The van der Waals surface area contributed by atoms with Gasteiger partial charge in [-0.2, -0.15) is 0 Å². The van der Waals surface area contributed by atoms with Crippen LogP contribution in [0.2, 0.25) is 0 Å². The van der Waals surface area contributed by atoms with Crippen LogP contribution in [0.3, 0.4) is 0 Å². The van der Waals surface area contributed by atoms with E-state index in [2.05, 4.69) is 25.6 Å². The smallest absolute Gasteiger partial charge is 0.326 e. The minimum atomic E-state index is -1.41. The van der Waals surface area contributed by atoms with E-state index >= 15 is 0 Å². The molecule has 4 unspecified atom stereocenters. The van der Waals surface area contributed by atoms with Crippen molar-refractivity contribution < 1.29 is 29.1 Å². The van der Waals surface area contributed by atoms with Crippen molar-refractivity contribution in [3.8, 4) is 0 Å². The number of aromatic amines is 2. The number of aromatic nitrogens is 3. The summed E-state index contributed by atoms with van der Waals surface area (Å²) < 4.78 is 0. The summed E-state index contributed by atoms with van der Waals surface area (Å²) in [7, 11) is 0. The number of nitrogens with zero attached hydrogens (tertiary/aromatic N) is 2. The van der Waals surface area contributed by atoms with Gasteiger partial charge in [-0.05, 0) is 24.5 Å². The fourth-order valence-corrected chi connectivity index (χ4v) is 4.90. The minimum Gasteiger partial charge on any atom is -0.480 e. The number of nitrogens with one attached hydrogen (secondary N) is 4. The number of carboxylic acid groups (broad SMARTS) is 1. The van der Waals surface area contributed by atoms with Crippen LogP contribution in [-0.2, 0) is 36.8 Å². The number of nitrogens with two attached hydrogens (primary N) is 2. The van der Waals surface area contributed by atoms with Crippen molar-refractivity contribution >= 4 is 40.5 Å². The zero-order chi connectivity index (χ0) is 28.8. The van der Waals surface area contributed by atoms with Gasteiger partial charge in [0.05, 0.1) is 18.8 Å². The van der Waals surface area contributed by atoms with E-state index in [9.17, 15) is 29.1 Å². The average Bonchev–Trinajstić information content (AvgIpc) is 3.68. The molecule has 3 heterocycles. The van der Waals surface area contributed by atoms with Crippen molar-refractivity contribution in [1.29, 1.82) is 0 Å². The van der Waals surface area contributed by atoms with Crippen molar-refractivity contribution in [3.63, 3.8) is 0 Å². The summed E-state index contributed by atoms with van der Waals surface area (Å²) in [6, 6.07) is 2.73. The highest BCUT2D eigenvalue weighted by Gasteiger charge is 2.39. The molecule has 14 nitrogen and oxygen atoms in total. The van der Waals surface area contributed by atoms with Crippen molar-refractivity contribution in [2.24, 2.45) is 11.5 Å². The van der Waals surface area contributed by atoms with Crippen LogP contribution in [0.5, 0.6) is 0 Å². The van der Waals surface area contributed by atoms with Crippen molar-refractivity contribution in [3.05, 3.63) is 54.2 Å². The van der Waals surface area contributed by atoms with E-state index in [1.54, 1.807) is 6.20 Å². The van der Waals surface area contributed by atoms with Gasteiger partial charge in [-0.3, -0.25) is 19.2 Å². The summed E-state index contributed by atoms with van der Waals surface area (Å²) in [5.41, 5.74) is 13.5. The number of carbonyl (C=O) groups excluding carboxylic acids is 4. The second kappa shape index (κ2) is 12.4. The maximum atomic E-state index is 13.6. The van der Waals surface area contributed by atoms with Crippen LogP contribution in [0, 0.1) is 0 Å². The summed E-state index contributed by atoms with van der Waals surface area (Å²) >= 11 is 0. The molecule has 212 valence electrons. The number of aliphatic carboxylic acids is 1. The number of amides is 4. The molecule has 0 aliphatic carbocycles. The highest BCUT2D eigenvalue weighted by Crippen LogP contribution is 2.23. The Labute approximate surface area is 228 Å². The number of fused-ring (bicyclic) bond motifs is 1. The van der Waals surface area contributed by atoms with E-state index < -0.39 is 60.2 Å². The summed E-state index contributed by atoms with van der Waals surface area (Å²) in [4.78, 5) is 74.4. The lowest BCUT2D eigenvalue weighted by Crippen LogP contribution is -2.58. The van der Waals surface area contributed by atoms with E-state index in [1.165, 1.54) is 17.4 Å².